The largest absolute Gasteiger partial charge is 0.360 e. The lowest BCUT2D eigenvalue weighted by Crippen LogP contribution is -2.31. The number of halogens is 1. The fraction of sp³-hybridized carbons (Fsp3) is 0.375. The molecule has 1 N–H and O–H groups in total. The van der Waals surface area contributed by atoms with Gasteiger partial charge in [0, 0.05) is 23.2 Å². The molecule has 0 bridgehead atoms. The number of nitrogens with one attached hydrogen (secondary N) is 1. The van der Waals surface area contributed by atoms with Gasteiger partial charge in [0.1, 0.15) is 11.5 Å². The molecule has 0 aliphatic rings. The molecule has 1 aromatic carbocycles. The van der Waals surface area contributed by atoms with Gasteiger partial charge in [0.05, 0.1) is 11.0 Å². The van der Waals surface area contributed by atoms with E-state index in [1.54, 1.807) is 0 Å². The van der Waals surface area contributed by atoms with Crippen molar-refractivity contribution < 1.29 is 9.32 Å². The molecule has 0 saturated heterocycles. The zero-order valence-electron chi connectivity index (χ0n) is 12.6. The van der Waals surface area contributed by atoms with Crippen LogP contribution in [-0.4, -0.2) is 22.9 Å². The molecule has 6 heteroatoms. The third-order valence-electron chi connectivity index (χ3n) is 3.09. The number of amides is 1. The average Bonchev–Trinajstić information content (AvgIpc) is 2.99. The lowest BCUT2D eigenvalue weighted by molar-refractivity contribution is -0.120. The highest BCUT2D eigenvalue weighted by Gasteiger charge is 2.14. The molecule has 2 rings (SSSR count). The fourth-order valence-corrected chi connectivity index (χ4v) is 2.72. The van der Waals surface area contributed by atoms with Crippen LogP contribution in [0, 0.1) is 0 Å². The molecule has 0 fully saturated rings. The number of hydrogen-bond donors (Lipinski definition) is 1. The molecule has 2 aromatic rings. The minimum absolute atomic E-state index is 0.0595. The molecule has 0 saturated carbocycles. The van der Waals surface area contributed by atoms with Crippen LogP contribution < -0.4 is 5.32 Å². The first-order valence-electron chi connectivity index (χ1n) is 7.21. The Kier molecular flexibility index (Phi) is 6.34. The maximum Gasteiger partial charge on any atom is 0.232 e. The van der Waals surface area contributed by atoms with E-state index in [0.717, 1.165) is 23.4 Å². The third-order valence-corrected chi connectivity index (χ3v) is 4.51. The van der Waals surface area contributed by atoms with E-state index in [1.165, 1.54) is 11.8 Å². The van der Waals surface area contributed by atoms with Crippen LogP contribution in [0.4, 0.5) is 0 Å². The van der Waals surface area contributed by atoms with Crippen molar-refractivity contribution in [1.82, 2.24) is 10.5 Å². The van der Waals surface area contributed by atoms with Crippen molar-refractivity contribution in [2.75, 3.05) is 6.54 Å². The average molecular weight is 339 g/mol. The van der Waals surface area contributed by atoms with Crippen LogP contribution in [0.25, 0.3) is 11.3 Å². The molecule has 0 spiro atoms. The Morgan fingerprint density at radius 1 is 1.41 bits per heavy atom. The molecule has 1 unspecified atom stereocenters. The summed E-state index contributed by atoms with van der Waals surface area (Å²) in [5.41, 5.74) is 1.73. The van der Waals surface area contributed by atoms with E-state index in [0.29, 0.717) is 17.3 Å². The Balaban J connectivity index is 1.89. The highest BCUT2D eigenvalue weighted by Crippen LogP contribution is 2.24. The molecule has 0 radical (unpaired) electrons. The Bertz CT molecular complexity index is 613. The van der Waals surface area contributed by atoms with E-state index in [9.17, 15) is 4.79 Å². The topological polar surface area (TPSA) is 55.1 Å². The summed E-state index contributed by atoms with van der Waals surface area (Å²) in [6.07, 6.45) is 0.940. The molecule has 1 aromatic heterocycles. The summed E-state index contributed by atoms with van der Waals surface area (Å²) in [5, 5.41) is 7.52. The number of rotatable bonds is 7. The van der Waals surface area contributed by atoms with E-state index in [4.69, 9.17) is 16.1 Å². The van der Waals surface area contributed by atoms with Crippen LogP contribution in [-0.2, 0) is 10.5 Å². The minimum Gasteiger partial charge on any atom is -0.360 e. The fourth-order valence-electron chi connectivity index (χ4n) is 1.81. The second kappa shape index (κ2) is 8.25. The molecule has 0 aliphatic heterocycles. The van der Waals surface area contributed by atoms with E-state index in [2.05, 4.69) is 10.5 Å². The van der Waals surface area contributed by atoms with E-state index >= 15 is 0 Å². The van der Waals surface area contributed by atoms with Gasteiger partial charge in [0.2, 0.25) is 5.91 Å². The SMILES string of the molecule is CCCNC(=O)C(C)SCc1cc(-c2ccc(Cl)cc2)no1. The van der Waals surface area contributed by atoms with Crippen molar-refractivity contribution >= 4 is 29.3 Å². The van der Waals surface area contributed by atoms with Crippen molar-refractivity contribution in [1.29, 1.82) is 0 Å². The zero-order chi connectivity index (χ0) is 15.9. The molecule has 1 heterocycles. The van der Waals surface area contributed by atoms with Gasteiger partial charge >= 0.3 is 0 Å². The summed E-state index contributed by atoms with van der Waals surface area (Å²) in [6.45, 7) is 4.64. The van der Waals surface area contributed by atoms with Crippen LogP contribution in [0.15, 0.2) is 34.9 Å². The van der Waals surface area contributed by atoms with Crippen LogP contribution in [0.3, 0.4) is 0 Å². The predicted molar refractivity (Wildman–Crippen MR) is 91.0 cm³/mol. The summed E-state index contributed by atoms with van der Waals surface area (Å²) in [5.74, 6) is 1.43. The first kappa shape index (κ1) is 16.9. The number of benzene rings is 1. The number of carbonyl (C=O) groups is 1. The second-order valence-corrected chi connectivity index (χ2v) is 6.70. The van der Waals surface area contributed by atoms with Crippen molar-refractivity contribution in [3.8, 4) is 11.3 Å². The van der Waals surface area contributed by atoms with Gasteiger partial charge in [-0.05, 0) is 25.5 Å². The Morgan fingerprint density at radius 3 is 2.82 bits per heavy atom. The molecule has 0 aliphatic carbocycles. The highest BCUT2D eigenvalue weighted by atomic mass is 35.5. The second-order valence-electron chi connectivity index (χ2n) is 4.93. The summed E-state index contributed by atoms with van der Waals surface area (Å²) in [4.78, 5) is 11.8. The van der Waals surface area contributed by atoms with Gasteiger partial charge in [-0.15, -0.1) is 11.8 Å². The lowest BCUT2D eigenvalue weighted by atomic mass is 10.1. The van der Waals surface area contributed by atoms with E-state index in [-0.39, 0.29) is 11.2 Å². The van der Waals surface area contributed by atoms with Crippen LogP contribution in [0.1, 0.15) is 26.0 Å². The molecule has 4 nitrogen and oxygen atoms in total. The minimum atomic E-state index is -0.115. The molecular formula is C16H19ClN2O2S. The van der Waals surface area contributed by atoms with E-state index in [1.807, 2.05) is 44.2 Å². The van der Waals surface area contributed by atoms with Gasteiger partial charge in [-0.25, -0.2) is 0 Å². The Labute approximate surface area is 139 Å². The Hall–Kier alpha value is -1.46. The number of nitrogens with zero attached hydrogens (tertiary/aromatic N) is 1. The number of carbonyl (C=O) groups excluding carboxylic acids is 1. The zero-order valence-corrected chi connectivity index (χ0v) is 14.2. The summed E-state index contributed by atoms with van der Waals surface area (Å²) in [7, 11) is 0. The van der Waals surface area contributed by atoms with Gasteiger partial charge in [-0.3, -0.25) is 4.79 Å². The molecular weight excluding hydrogens is 320 g/mol. The van der Waals surface area contributed by atoms with Gasteiger partial charge in [-0.2, -0.15) is 0 Å². The van der Waals surface area contributed by atoms with Crippen LogP contribution >= 0.6 is 23.4 Å². The standard InChI is InChI=1S/C16H19ClN2O2S/c1-3-8-18-16(20)11(2)22-10-14-9-15(19-21-14)12-4-6-13(17)7-5-12/h4-7,9,11H,3,8,10H2,1-2H3,(H,18,20). The first-order valence-corrected chi connectivity index (χ1v) is 8.63. The summed E-state index contributed by atoms with van der Waals surface area (Å²) >= 11 is 7.40. The van der Waals surface area contributed by atoms with Crippen molar-refractivity contribution in [3.63, 3.8) is 0 Å². The molecule has 1 amide bonds. The van der Waals surface area contributed by atoms with Crippen LogP contribution in [0.5, 0.6) is 0 Å². The highest BCUT2D eigenvalue weighted by molar-refractivity contribution is 7.99. The predicted octanol–water partition coefficient (Wildman–Crippen LogP) is 4.14. The van der Waals surface area contributed by atoms with Gasteiger partial charge < -0.3 is 9.84 Å². The maximum absolute atomic E-state index is 11.8. The molecule has 22 heavy (non-hydrogen) atoms. The molecule has 118 valence electrons. The smallest absolute Gasteiger partial charge is 0.232 e. The number of thioether (sulfide) groups is 1. The Morgan fingerprint density at radius 2 is 2.14 bits per heavy atom. The number of hydrogen-bond acceptors (Lipinski definition) is 4. The lowest BCUT2D eigenvalue weighted by Gasteiger charge is -2.09. The van der Waals surface area contributed by atoms with Gasteiger partial charge in [0.25, 0.3) is 0 Å². The maximum atomic E-state index is 11.8. The summed E-state index contributed by atoms with van der Waals surface area (Å²) < 4.78 is 5.33. The first-order chi connectivity index (χ1) is 10.6. The third kappa shape index (κ3) is 4.78. The molecule has 1 atom stereocenters. The quantitative estimate of drug-likeness (QED) is 0.824. The summed E-state index contributed by atoms with van der Waals surface area (Å²) in [6, 6.07) is 9.34. The van der Waals surface area contributed by atoms with Crippen molar-refractivity contribution in [2.45, 2.75) is 31.3 Å². The van der Waals surface area contributed by atoms with E-state index < -0.39 is 0 Å². The van der Waals surface area contributed by atoms with Crippen LogP contribution in [0.2, 0.25) is 5.02 Å². The van der Waals surface area contributed by atoms with Gasteiger partial charge in [-0.1, -0.05) is 35.8 Å². The van der Waals surface area contributed by atoms with Crippen molar-refractivity contribution in [2.24, 2.45) is 0 Å². The number of aromatic nitrogens is 1. The normalized spacial score (nSPS) is 12.1. The van der Waals surface area contributed by atoms with Crippen molar-refractivity contribution in [3.05, 3.63) is 41.1 Å². The van der Waals surface area contributed by atoms with Gasteiger partial charge in [0.15, 0.2) is 0 Å². The monoisotopic (exact) mass is 338 g/mol.